The van der Waals surface area contributed by atoms with E-state index in [0.29, 0.717) is 6.04 Å². The van der Waals surface area contributed by atoms with Crippen molar-refractivity contribution in [1.29, 1.82) is 0 Å². The Morgan fingerprint density at radius 2 is 2.24 bits per heavy atom. The van der Waals surface area contributed by atoms with Crippen LogP contribution in [0, 0.1) is 5.92 Å². The van der Waals surface area contributed by atoms with Gasteiger partial charge in [-0.1, -0.05) is 20.8 Å². The van der Waals surface area contributed by atoms with Gasteiger partial charge in [0.15, 0.2) is 0 Å². The van der Waals surface area contributed by atoms with Crippen LogP contribution in [0.25, 0.3) is 0 Å². The van der Waals surface area contributed by atoms with Crippen molar-refractivity contribution < 1.29 is 0 Å². The summed E-state index contributed by atoms with van der Waals surface area (Å²) in [7, 11) is 0. The molecule has 0 saturated carbocycles. The molecule has 0 amide bonds. The van der Waals surface area contributed by atoms with Crippen LogP contribution in [0.2, 0.25) is 0 Å². The van der Waals surface area contributed by atoms with E-state index >= 15 is 0 Å². The molecule has 2 rings (SSSR count). The minimum atomic E-state index is 0.601. The molecule has 1 unspecified atom stereocenters. The van der Waals surface area contributed by atoms with Crippen LogP contribution in [0.4, 0.5) is 0 Å². The van der Waals surface area contributed by atoms with Crippen molar-refractivity contribution in [1.82, 2.24) is 9.88 Å². The van der Waals surface area contributed by atoms with Gasteiger partial charge in [-0.05, 0) is 49.3 Å². The fourth-order valence-corrected chi connectivity index (χ4v) is 2.74. The van der Waals surface area contributed by atoms with Crippen molar-refractivity contribution in [2.75, 3.05) is 6.54 Å². The highest BCUT2D eigenvalue weighted by atomic mass is 15.0. The highest BCUT2D eigenvalue weighted by Crippen LogP contribution is 2.30. The van der Waals surface area contributed by atoms with Gasteiger partial charge in [0.1, 0.15) is 0 Å². The predicted octanol–water partition coefficient (Wildman–Crippen LogP) is 3.52. The average Bonchev–Trinajstić information content (AvgIpc) is 2.71. The zero-order valence-electron chi connectivity index (χ0n) is 11.5. The van der Waals surface area contributed by atoms with E-state index in [0.717, 1.165) is 12.5 Å². The van der Waals surface area contributed by atoms with Crippen LogP contribution in [0.1, 0.15) is 57.2 Å². The third-order valence-electron chi connectivity index (χ3n) is 3.73. The molecule has 0 aromatic carbocycles. The number of rotatable bonds is 5. The standard InChI is InChI=1S/C15H26N2/c1-4-16-15-7-5-6-13-10-17(11-14(13)15)9-8-12(2)3/h10-12,15-16H,4-9H2,1-3H3. The molecule has 0 aliphatic heterocycles. The van der Waals surface area contributed by atoms with Crippen molar-refractivity contribution in [3.05, 3.63) is 23.5 Å². The smallest absolute Gasteiger partial charge is 0.0338 e. The van der Waals surface area contributed by atoms with Crippen LogP contribution in [-0.4, -0.2) is 11.1 Å². The summed E-state index contributed by atoms with van der Waals surface area (Å²) in [6, 6.07) is 0.601. The normalized spacial score (nSPS) is 19.6. The summed E-state index contributed by atoms with van der Waals surface area (Å²) in [5.74, 6) is 0.791. The number of hydrogen-bond donors (Lipinski definition) is 1. The first-order chi connectivity index (χ1) is 8.20. The second-order valence-electron chi connectivity index (χ2n) is 5.66. The summed E-state index contributed by atoms with van der Waals surface area (Å²) < 4.78 is 2.40. The lowest BCUT2D eigenvalue weighted by molar-refractivity contribution is 0.473. The molecule has 0 saturated heterocycles. The molecule has 1 aliphatic carbocycles. The van der Waals surface area contributed by atoms with Crippen LogP contribution in [0.3, 0.4) is 0 Å². The van der Waals surface area contributed by atoms with Gasteiger partial charge in [-0.15, -0.1) is 0 Å². The molecule has 0 bridgehead atoms. The summed E-state index contributed by atoms with van der Waals surface area (Å²) in [5.41, 5.74) is 3.13. The van der Waals surface area contributed by atoms with E-state index in [2.05, 4.69) is 43.0 Å². The fraction of sp³-hybridized carbons (Fsp3) is 0.733. The predicted molar refractivity (Wildman–Crippen MR) is 73.2 cm³/mol. The lowest BCUT2D eigenvalue weighted by atomic mass is 9.91. The Bertz CT molecular complexity index is 352. The molecule has 0 spiro atoms. The Labute approximate surface area is 105 Å². The third-order valence-corrected chi connectivity index (χ3v) is 3.73. The molecule has 1 aromatic heterocycles. The van der Waals surface area contributed by atoms with E-state index in [-0.39, 0.29) is 0 Å². The number of nitrogens with one attached hydrogen (secondary N) is 1. The van der Waals surface area contributed by atoms with E-state index in [9.17, 15) is 0 Å². The van der Waals surface area contributed by atoms with Crippen LogP contribution >= 0.6 is 0 Å². The maximum absolute atomic E-state index is 3.61. The van der Waals surface area contributed by atoms with Crippen molar-refractivity contribution in [3.8, 4) is 0 Å². The molecule has 0 radical (unpaired) electrons. The maximum atomic E-state index is 3.61. The molecule has 96 valence electrons. The Morgan fingerprint density at radius 1 is 1.41 bits per heavy atom. The van der Waals surface area contributed by atoms with Gasteiger partial charge in [0.2, 0.25) is 0 Å². The highest BCUT2D eigenvalue weighted by molar-refractivity contribution is 5.30. The first-order valence-electron chi connectivity index (χ1n) is 7.12. The van der Waals surface area contributed by atoms with E-state index in [1.165, 1.54) is 32.2 Å². The Hall–Kier alpha value is -0.760. The quantitative estimate of drug-likeness (QED) is 0.825. The Kier molecular flexibility index (Phi) is 4.27. The number of nitrogens with zero attached hydrogens (tertiary/aromatic N) is 1. The fourth-order valence-electron chi connectivity index (χ4n) is 2.74. The lowest BCUT2D eigenvalue weighted by Gasteiger charge is -2.22. The minimum Gasteiger partial charge on any atom is -0.354 e. The van der Waals surface area contributed by atoms with Crippen molar-refractivity contribution in [2.24, 2.45) is 5.92 Å². The summed E-state index contributed by atoms with van der Waals surface area (Å²) in [5, 5.41) is 3.61. The van der Waals surface area contributed by atoms with E-state index < -0.39 is 0 Å². The molecule has 17 heavy (non-hydrogen) atoms. The van der Waals surface area contributed by atoms with Crippen molar-refractivity contribution in [3.63, 3.8) is 0 Å². The largest absolute Gasteiger partial charge is 0.354 e. The van der Waals surface area contributed by atoms with Crippen LogP contribution in [0.5, 0.6) is 0 Å². The van der Waals surface area contributed by atoms with E-state index in [1.54, 1.807) is 11.1 Å². The van der Waals surface area contributed by atoms with Crippen LogP contribution in [0.15, 0.2) is 12.4 Å². The van der Waals surface area contributed by atoms with Crippen LogP contribution in [-0.2, 0) is 13.0 Å². The second-order valence-corrected chi connectivity index (χ2v) is 5.66. The summed E-state index contributed by atoms with van der Waals surface area (Å²) in [4.78, 5) is 0. The zero-order valence-corrected chi connectivity index (χ0v) is 11.5. The first kappa shape index (κ1) is 12.7. The molecule has 2 nitrogen and oxygen atoms in total. The average molecular weight is 234 g/mol. The molecular formula is C15H26N2. The van der Waals surface area contributed by atoms with Gasteiger partial charge in [-0.3, -0.25) is 0 Å². The molecule has 1 aromatic rings. The van der Waals surface area contributed by atoms with Crippen LogP contribution < -0.4 is 5.32 Å². The van der Waals surface area contributed by atoms with Gasteiger partial charge in [0, 0.05) is 25.0 Å². The summed E-state index contributed by atoms with van der Waals surface area (Å²) >= 11 is 0. The Morgan fingerprint density at radius 3 is 2.94 bits per heavy atom. The minimum absolute atomic E-state index is 0.601. The second kappa shape index (κ2) is 5.72. The topological polar surface area (TPSA) is 17.0 Å². The summed E-state index contributed by atoms with van der Waals surface area (Å²) in [6.45, 7) is 9.03. The first-order valence-corrected chi connectivity index (χ1v) is 7.12. The monoisotopic (exact) mass is 234 g/mol. The lowest BCUT2D eigenvalue weighted by Crippen LogP contribution is -2.23. The third kappa shape index (κ3) is 3.12. The van der Waals surface area contributed by atoms with Gasteiger partial charge < -0.3 is 9.88 Å². The van der Waals surface area contributed by atoms with Gasteiger partial charge >= 0.3 is 0 Å². The van der Waals surface area contributed by atoms with E-state index in [4.69, 9.17) is 0 Å². The molecule has 0 fully saturated rings. The molecule has 1 atom stereocenters. The highest BCUT2D eigenvalue weighted by Gasteiger charge is 2.20. The van der Waals surface area contributed by atoms with Crippen molar-refractivity contribution in [2.45, 2.75) is 59.0 Å². The molecule has 1 aliphatic rings. The molecule has 2 heteroatoms. The molecule has 1 heterocycles. The number of hydrogen-bond acceptors (Lipinski definition) is 1. The van der Waals surface area contributed by atoms with Gasteiger partial charge in [-0.2, -0.15) is 0 Å². The molecular weight excluding hydrogens is 208 g/mol. The van der Waals surface area contributed by atoms with Gasteiger partial charge in [0.05, 0.1) is 0 Å². The number of aromatic nitrogens is 1. The SMILES string of the molecule is CCNC1CCCc2cn(CCC(C)C)cc21. The number of fused-ring (bicyclic) bond motifs is 1. The van der Waals surface area contributed by atoms with Crippen molar-refractivity contribution >= 4 is 0 Å². The van der Waals surface area contributed by atoms with Gasteiger partial charge in [-0.25, -0.2) is 0 Å². The van der Waals surface area contributed by atoms with E-state index in [1.807, 2.05) is 0 Å². The maximum Gasteiger partial charge on any atom is 0.0338 e. The van der Waals surface area contributed by atoms with Gasteiger partial charge in [0.25, 0.3) is 0 Å². The Balaban J connectivity index is 2.07. The summed E-state index contributed by atoms with van der Waals surface area (Å²) in [6.07, 6.45) is 9.94. The molecule has 1 N–H and O–H groups in total. The number of aryl methyl sites for hydroxylation is 2. The zero-order chi connectivity index (χ0) is 12.3.